The minimum Gasteiger partial charge on any atom is -0.208 e. The SMILES string of the molecule is CC(CBr)C(C)NS(=O)(=O)c1ccc(F)c(F)c1. The van der Waals surface area contributed by atoms with E-state index in [0.717, 1.165) is 12.1 Å². The monoisotopic (exact) mass is 341 g/mol. The molecule has 0 aliphatic heterocycles. The lowest BCUT2D eigenvalue weighted by molar-refractivity contribution is 0.481. The number of hydrogen-bond acceptors (Lipinski definition) is 2. The molecule has 2 unspecified atom stereocenters. The van der Waals surface area contributed by atoms with Gasteiger partial charge in [0, 0.05) is 11.4 Å². The highest BCUT2D eigenvalue weighted by molar-refractivity contribution is 9.09. The van der Waals surface area contributed by atoms with Gasteiger partial charge in [-0.25, -0.2) is 21.9 Å². The van der Waals surface area contributed by atoms with Crippen molar-refractivity contribution in [2.75, 3.05) is 5.33 Å². The maximum absolute atomic E-state index is 13.0. The van der Waals surface area contributed by atoms with Crippen LogP contribution in [0.1, 0.15) is 13.8 Å². The lowest BCUT2D eigenvalue weighted by Crippen LogP contribution is -2.37. The molecule has 1 rings (SSSR count). The highest BCUT2D eigenvalue weighted by Crippen LogP contribution is 2.15. The summed E-state index contributed by atoms with van der Waals surface area (Å²) in [5, 5.41) is 0.633. The molecule has 18 heavy (non-hydrogen) atoms. The van der Waals surface area contributed by atoms with Gasteiger partial charge in [0.15, 0.2) is 11.6 Å². The third-order valence-electron chi connectivity index (χ3n) is 2.64. The summed E-state index contributed by atoms with van der Waals surface area (Å²) in [6.07, 6.45) is 0. The molecule has 1 aromatic rings. The summed E-state index contributed by atoms with van der Waals surface area (Å²) in [5.41, 5.74) is 0. The standard InChI is InChI=1S/C11H14BrF2NO2S/c1-7(6-12)8(2)15-18(16,17)9-3-4-10(13)11(14)5-9/h3-5,7-8,15H,6H2,1-2H3. The van der Waals surface area contributed by atoms with Crippen LogP contribution in [0.3, 0.4) is 0 Å². The normalized spacial score (nSPS) is 15.4. The van der Waals surface area contributed by atoms with Crippen LogP contribution in [0.5, 0.6) is 0 Å². The predicted octanol–water partition coefficient (Wildman–Crippen LogP) is 2.66. The second-order valence-electron chi connectivity index (χ2n) is 4.12. The zero-order chi connectivity index (χ0) is 13.9. The maximum Gasteiger partial charge on any atom is 0.240 e. The molecule has 0 aliphatic carbocycles. The van der Waals surface area contributed by atoms with E-state index >= 15 is 0 Å². The van der Waals surface area contributed by atoms with E-state index in [1.807, 2.05) is 6.92 Å². The summed E-state index contributed by atoms with van der Waals surface area (Å²) >= 11 is 3.26. The zero-order valence-electron chi connectivity index (χ0n) is 9.95. The molecule has 0 saturated heterocycles. The minimum atomic E-state index is -3.83. The van der Waals surface area contributed by atoms with Gasteiger partial charge in [-0.15, -0.1) is 0 Å². The Hall–Kier alpha value is -0.530. The first-order valence-electron chi connectivity index (χ1n) is 5.31. The summed E-state index contributed by atoms with van der Waals surface area (Å²) in [6, 6.07) is 2.18. The first kappa shape index (κ1) is 15.5. The van der Waals surface area contributed by atoms with Crippen LogP contribution in [0, 0.1) is 17.6 Å². The van der Waals surface area contributed by atoms with E-state index in [4.69, 9.17) is 0 Å². The van der Waals surface area contributed by atoms with Crippen LogP contribution in [0.2, 0.25) is 0 Å². The van der Waals surface area contributed by atoms with Gasteiger partial charge in [-0.05, 0) is 31.0 Å². The van der Waals surface area contributed by atoms with Crippen LogP contribution >= 0.6 is 15.9 Å². The molecular formula is C11H14BrF2NO2S. The van der Waals surface area contributed by atoms with E-state index < -0.39 is 21.7 Å². The van der Waals surface area contributed by atoms with E-state index in [-0.39, 0.29) is 16.9 Å². The molecule has 0 saturated carbocycles. The number of halogens is 3. The van der Waals surface area contributed by atoms with Crippen LogP contribution in [-0.4, -0.2) is 19.8 Å². The Labute approximate surface area is 114 Å². The molecule has 0 amide bonds. The van der Waals surface area contributed by atoms with Crippen molar-refractivity contribution in [2.45, 2.75) is 24.8 Å². The quantitative estimate of drug-likeness (QED) is 0.837. The lowest BCUT2D eigenvalue weighted by atomic mass is 10.1. The third-order valence-corrected chi connectivity index (χ3v) is 5.22. The second kappa shape index (κ2) is 6.08. The van der Waals surface area contributed by atoms with Crippen LogP contribution in [0.15, 0.2) is 23.1 Å². The largest absolute Gasteiger partial charge is 0.240 e. The van der Waals surface area contributed by atoms with E-state index in [2.05, 4.69) is 20.7 Å². The van der Waals surface area contributed by atoms with Gasteiger partial charge in [0.2, 0.25) is 10.0 Å². The lowest BCUT2D eigenvalue weighted by Gasteiger charge is -2.19. The maximum atomic E-state index is 13.0. The van der Waals surface area contributed by atoms with Gasteiger partial charge in [-0.2, -0.15) is 0 Å². The highest BCUT2D eigenvalue weighted by atomic mass is 79.9. The molecule has 0 aromatic heterocycles. The molecule has 2 atom stereocenters. The van der Waals surface area contributed by atoms with E-state index in [1.54, 1.807) is 6.92 Å². The van der Waals surface area contributed by atoms with Crippen LogP contribution < -0.4 is 4.72 Å². The van der Waals surface area contributed by atoms with Crippen molar-refractivity contribution < 1.29 is 17.2 Å². The number of rotatable bonds is 5. The van der Waals surface area contributed by atoms with Crippen LogP contribution in [0.4, 0.5) is 8.78 Å². The van der Waals surface area contributed by atoms with Crippen molar-refractivity contribution in [3.05, 3.63) is 29.8 Å². The number of sulfonamides is 1. The molecule has 0 radical (unpaired) electrons. The van der Waals surface area contributed by atoms with Crippen molar-refractivity contribution in [1.29, 1.82) is 0 Å². The van der Waals surface area contributed by atoms with Crippen LogP contribution in [-0.2, 0) is 10.0 Å². The molecule has 102 valence electrons. The second-order valence-corrected chi connectivity index (χ2v) is 6.48. The van der Waals surface area contributed by atoms with Gasteiger partial charge < -0.3 is 0 Å². The Morgan fingerprint density at radius 2 is 1.89 bits per heavy atom. The molecule has 0 heterocycles. The first-order chi connectivity index (χ1) is 8.27. The fourth-order valence-electron chi connectivity index (χ4n) is 1.21. The molecule has 0 aliphatic rings. The Bertz CT molecular complexity index is 522. The molecule has 1 N–H and O–H groups in total. The average Bonchev–Trinajstić information content (AvgIpc) is 2.30. The zero-order valence-corrected chi connectivity index (χ0v) is 12.4. The van der Waals surface area contributed by atoms with Crippen molar-refractivity contribution in [3.8, 4) is 0 Å². The molecule has 3 nitrogen and oxygen atoms in total. The number of alkyl halides is 1. The molecule has 0 bridgehead atoms. The molecule has 1 aromatic carbocycles. The van der Waals surface area contributed by atoms with Gasteiger partial charge in [0.05, 0.1) is 4.90 Å². The Kier molecular flexibility index (Phi) is 5.24. The third kappa shape index (κ3) is 3.73. The summed E-state index contributed by atoms with van der Waals surface area (Å²) in [6.45, 7) is 3.58. The molecular weight excluding hydrogens is 328 g/mol. The molecule has 0 fully saturated rings. The summed E-state index contributed by atoms with van der Waals surface area (Å²) in [7, 11) is -3.83. The Balaban J connectivity index is 2.96. The van der Waals surface area contributed by atoms with Gasteiger partial charge in [0.25, 0.3) is 0 Å². The van der Waals surface area contributed by atoms with E-state index in [0.29, 0.717) is 11.4 Å². The van der Waals surface area contributed by atoms with Gasteiger partial charge in [-0.1, -0.05) is 22.9 Å². The smallest absolute Gasteiger partial charge is 0.208 e. The van der Waals surface area contributed by atoms with Crippen molar-refractivity contribution >= 4 is 26.0 Å². The van der Waals surface area contributed by atoms with Crippen molar-refractivity contribution in [1.82, 2.24) is 4.72 Å². The first-order valence-corrected chi connectivity index (χ1v) is 7.91. The van der Waals surface area contributed by atoms with Crippen molar-refractivity contribution in [3.63, 3.8) is 0 Å². The minimum absolute atomic E-state index is 0.0741. The van der Waals surface area contributed by atoms with E-state index in [9.17, 15) is 17.2 Å². The molecule has 0 spiro atoms. The average molecular weight is 342 g/mol. The van der Waals surface area contributed by atoms with Gasteiger partial charge in [0.1, 0.15) is 0 Å². The van der Waals surface area contributed by atoms with Gasteiger partial charge >= 0.3 is 0 Å². The Morgan fingerprint density at radius 3 is 2.39 bits per heavy atom. The fraction of sp³-hybridized carbons (Fsp3) is 0.455. The van der Waals surface area contributed by atoms with E-state index in [1.165, 1.54) is 0 Å². The highest BCUT2D eigenvalue weighted by Gasteiger charge is 2.21. The summed E-state index contributed by atoms with van der Waals surface area (Å²) in [4.78, 5) is -0.282. The number of benzene rings is 1. The summed E-state index contributed by atoms with van der Waals surface area (Å²) in [5.74, 6) is -2.18. The van der Waals surface area contributed by atoms with Gasteiger partial charge in [-0.3, -0.25) is 0 Å². The Morgan fingerprint density at radius 1 is 1.28 bits per heavy atom. The fourth-order valence-corrected chi connectivity index (χ4v) is 3.13. The number of nitrogens with one attached hydrogen (secondary N) is 1. The molecule has 7 heteroatoms. The number of hydrogen-bond donors (Lipinski definition) is 1. The van der Waals surface area contributed by atoms with Crippen molar-refractivity contribution in [2.24, 2.45) is 5.92 Å². The topological polar surface area (TPSA) is 46.2 Å². The van der Waals surface area contributed by atoms with Crippen LogP contribution in [0.25, 0.3) is 0 Å². The summed E-state index contributed by atoms with van der Waals surface area (Å²) < 4.78 is 52.0. The predicted molar refractivity (Wildman–Crippen MR) is 69.1 cm³/mol.